The molecular formula is C23H27BBr2N2O3. The topological polar surface area (TPSA) is 46.6 Å². The molecule has 4 rings (SSSR count). The SMILES string of the molecule is CO[B-]1(C)n2c(C)c(Br)c(C)c2C(COc2ccccc2CO)=C2C(C)=C(Br)C(C)=[N+]21. The van der Waals surface area contributed by atoms with Crippen LogP contribution in [0.4, 0.5) is 0 Å². The quantitative estimate of drug-likeness (QED) is 0.509. The second-order valence-corrected chi connectivity index (χ2v) is 9.92. The normalized spacial score (nSPS) is 20.5. The van der Waals surface area contributed by atoms with E-state index in [1.165, 1.54) is 0 Å². The second kappa shape index (κ2) is 8.07. The molecule has 164 valence electrons. The number of benzene rings is 1. The first-order valence-electron chi connectivity index (χ1n) is 10.4. The number of para-hydroxylation sites is 1. The summed E-state index contributed by atoms with van der Waals surface area (Å²) in [6, 6.07) is 7.62. The Morgan fingerprint density at radius 1 is 1.13 bits per heavy atom. The number of hydrogen-bond donors (Lipinski definition) is 1. The van der Waals surface area contributed by atoms with Crippen LogP contribution in [0, 0.1) is 13.8 Å². The molecule has 0 spiro atoms. The van der Waals surface area contributed by atoms with Crippen molar-refractivity contribution in [3.8, 4) is 5.75 Å². The van der Waals surface area contributed by atoms with Gasteiger partial charge in [-0.25, -0.2) is 0 Å². The molecule has 2 aliphatic rings. The summed E-state index contributed by atoms with van der Waals surface area (Å²) in [4.78, 5) is 0. The number of aromatic nitrogens is 1. The predicted octanol–water partition coefficient (Wildman–Crippen LogP) is 5.38. The monoisotopic (exact) mass is 548 g/mol. The Balaban J connectivity index is 1.98. The Morgan fingerprint density at radius 2 is 1.81 bits per heavy atom. The number of aliphatic hydroxyl groups is 1. The van der Waals surface area contributed by atoms with E-state index in [0.717, 1.165) is 54.0 Å². The Labute approximate surface area is 200 Å². The van der Waals surface area contributed by atoms with Gasteiger partial charge in [0.2, 0.25) is 0 Å². The van der Waals surface area contributed by atoms with Gasteiger partial charge < -0.3 is 23.5 Å². The first-order chi connectivity index (χ1) is 14.7. The van der Waals surface area contributed by atoms with Crippen molar-refractivity contribution < 1.29 is 19.0 Å². The van der Waals surface area contributed by atoms with E-state index in [2.05, 4.69) is 75.3 Å². The number of rotatable bonds is 5. The second-order valence-electron chi connectivity index (χ2n) is 8.33. The zero-order valence-corrected chi connectivity index (χ0v) is 21.9. The van der Waals surface area contributed by atoms with Crippen LogP contribution in [-0.2, 0) is 11.3 Å². The molecule has 1 atom stereocenters. The molecule has 31 heavy (non-hydrogen) atoms. The van der Waals surface area contributed by atoms with Gasteiger partial charge in [0, 0.05) is 28.2 Å². The van der Waals surface area contributed by atoms with Crippen LogP contribution in [0.3, 0.4) is 0 Å². The minimum Gasteiger partial charge on any atom is -0.514 e. The van der Waals surface area contributed by atoms with Gasteiger partial charge in [0.15, 0.2) is 5.70 Å². The summed E-state index contributed by atoms with van der Waals surface area (Å²) in [5, 5.41) is 9.72. The molecule has 0 amide bonds. The molecule has 1 unspecified atom stereocenters. The van der Waals surface area contributed by atoms with E-state index in [4.69, 9.17) is 9.39 Å². The number of aliphatic hydroxyl groups excluding tert-OH is 1. The maximum absolute atomic E-state index is 9.72. The molecule has 0 radical (unpaired) electrons. The average Bonchev–Trinajstić information content (AvgIpc) is 3.15. The lowest BCUT2D eigenvalue weighted by atomic mass is 9.63. The van der Waals surface area contributed by atoms with Gasteiger partial charge in [-0.2, -0.15) is 0 Å². The molecule has 1 N–H and O–H groups in total. The molecule has 1 aromatic carbocycles. The Bertz CT molecular complexity index is 1200. The van der Waals surface area contributed by atoms with Crippen molar-refractivity contribution in [1.82, 2.24) is 4.48 Å². The molecular weight excluding hydrogens is 523 g/mol. The first kappa shape index (κ1) is 22.6. The Morgan fingerprint density at radius 3 is 2.45 bits per heavy atom. The van der Waals surface area contributed by atoms with Crippen molar-refractivity contribution in [1.29, 1.82) is 0 Å². The molecule has 0 saturated carbocycles. The third kappa shape index (κ3) is 3.14. The number of fused-ring (bicyclic) bond motifs is 2. The fourth-order valence-corrected chi connectivity index (χ4v) is 5.86. The molecule has 2 aliphatic heterocycles. The highest BCUT2D eigenvalue weighted by molar-refractivity contribution is 9.12. The molecule has 5 nitrogen and oxygen atoms in total. The maximum atomic E-state index is 9.72. The van der Waals surface area contributed by atoms with Crippen molar-refractivity contribution in [2.24, 2.45) is 0 Å². The van der Waals surface area contributed by atoms with Crippen molar-refractivity contribution in [2.45, 2.75) is 41.1 Å². The van der Waals surface area contributed by atoms with Gasteiger partial charge in [-0.05, 0) is 77.1 Å². The fourth-order valence-electron chi connectivity index (χ4n) is 5.10. The van der Waals surface area contributed by atoms with Crippen molar-refractivity contribution >= 4 is 49.8 Å². The van der Waals surface area contributed by atoms with E-state index >= 15 is 0 Å². The smallest absolute Gasteiger partial charge is 0.512 e. The van der Waals surface area contributed by atoms with Crippen LogP contribution in [-0.4, -0.2) is 40.1 Å². The number of allylic oxidation sites excluding steroid dienone is 2. The molecule has 0 fully saturated rings. The molecule has 1 aromatic heterocycles. The van der Waals surface area contributed by atoms with E-state index in [9.17, 15) is 5.11 Å². The lowest BCUT2D eigenvalue weighted by molar-refractivity contribution is -0.357. The average molecular weight is 550 g/mol. The summed E-state index contributed by atoms with van der Waals surface area (Å²) < 4.78 is 19.3. The highest BCUT2D eigenvalue weighted by Gasteiger charge is 2.51. The van der Waals surface area contributed by atoms with Crippen molar-refractivity contribution in [3.63, 3.8) is 0 Å². The van der Waals surface area contributed by atoms with Gasteiger partial charge in [0.25, 0.3) is 0 Å². The Kier molecular flexibility index (Phi) is 5.88. The third-order valence-electron chi connectivity index (χ3n) is 6.70. The minimum absolute atomic E-state index is 0.0590. The molecule has 3 heterocycles. The lowest BCUT2D eigenvalue weighted by Crippen LogP contribution is -2.57. The fraction of sp³-hybridized carbons (Fsp3) is 0.348. The molecule has 0 saturated heterocycles. The van der Waals surface area contributed by atoms with Crippen LogP contribution in [0.5, 0.6) is 5.75 Å². The van der Waals surface area contributed by atoms with E-state index in [-0.39, 0.29) is 6.61 Å². The summed E-state index contributed by atoms with van der Waals surface area (Å²) in [7, 11) is 1.78. The summed E-state index contributed by atoms with van der Waals surface area (Å²) >= 11 is 7.60. The van der Waals surface area contributed by atoms with E-state index in [1.54, 1.807) is 7.11 Å². The van der Waals surface area contributed by atoms with Crippen molar-refractivity contribution in [3.05, 3.63) is 67.0 Å². The first-order valence-corrected chi connectivity index (χ1v) is 11.9. The number of ether oxygens (including phenoxy) is 1. The molecule has 0 aliphatic carbocycles. The van der Waals surface area contributed by atoms with Gasteiger partial charge in [0.1, 0.15) is 18.1 Å². The maximum Gasteiger partial charge on any atom is 0.512 e. The van der Waals surface area contributed by atoms with Gasteiger partial charge >= 0.3 is 6.62 Å². The largest absolute Gasteiger partial charge is 0.514 e. The highest BCUT2D eigenvalue weighted by Crippen LogP contribution is 2.45. The van der Waals surface area contributed by atoms with Gasteiger partial charge in [-0.15, -0.1) is 0 Å². The lowest BCUT2D eigenvalue weighted by Gasteiger charge is -2.41. The Hall–Kier alpha value is -1.61. The summed E-state index contributed by atoms with van der Waals surface area (Å²) in [6.07, 6.45) is 0. The standard InChI is InChI=1S/C23H27BBr2N2O3/c1-13-20(25)15(3)27-22(13)18(12-31-19-10-8-7-9-17(19)11-29)23-14(2)21(26)16(4)28(23)24(27,5)30-6/h7-10,29H,11-12H2,1-6H3. The molecule has 8 heteroatoms. The van der Waals surface area contributed by atoms with Crippen LogP contribution >= 0.6 is 31.9 Å². The van der Waals surface area contributed by atoms with Crippen molar-refractivity contribution in [2.75, 3.05) is 13.7 Å². The third-order valence-corrected chi connectivity index (χ3v) is 9.04. The molecule has 2 aromatic rings. The van der Waals surface area contributed by atoms with Crippen LogP contribution < -0.4 is 4.74 Å². The number of halogens is 2. The number of nitrogens with zero attached hydrogens (tertiary/aromatic N) is 2. The zero-order valence-electron chi connectivity index (χ0n) is 18.7. The highest BCUT2D eigenvalue weighted by atomic mass is 79.9. The van der Waals surface area contributed by atoms with Gasteiger partial charge in [-0.1, -0.05) is 25.0 Å². The van der Waals surface area contributed by atoms with Crippen LogP contribution in [0.2, 0.25) is 6.82 Å². The minimum atomic E-state index is -1.56. The summed E-state index contributed by atoms with van der Waals surface area (Å²) in [5.74, 6) is 0.696. The summed E-state index contributed by atoms with van der Waals surface area (Å²) in [6.45, 7) is 9.41. The van der Waals surface area contributed by atoms with Gasteiger partial charge in [0.05, 0.1) is 16.7 Å². The van der Waals surface area contributed by atoms with E-state index in [0.29, 0.717) is 12.4 Å². The van der Waals surface area contributed by atoms with Crippen LogP contribution in [0.1, 0.15) is 36.4 Å². The molecule has 0 bridgehead atoms. The number of hydrogen-bond acceptors (Lipinski definition) is 3. The summed E-state index contributed by atoms with van der Waals surface area (Å²) in [5.41, 5.74) is 8.69. The van der Waals surface area contributed by atoms with Crippen LogP contribution in [0.15, 0.2) is 44.5 Å². The zero-order chi connectivity index (χ0) is 22.7. The van der Waals surface area contributed by atoms with E-state index in [1.807, 2.05) is 24.3 Å². The van der Waals surface area contributed by atoms with E-state index < -0.39 is 6.62 Å². The van der Waals surface area contributed by atoms with Gasteiger partial charge in [-0.3, -0.25) is 0 Å². The predicted molar refractivity (Wildman–Crippen MR) is 133 cm³/mol. The van der Waals surface area contributed by atoms with Crippen LogP contribution in [0.25, 0.3) is 5.57 Å².